The number of Topliss-reactive ketones (excluding diaryl/α,β-unsaturated/α-hetero) is 2. The van der Waals surface area contributed by atoms with Crippen LogP contribution in [0.4, 0.5) is 0 Å². The number of carbonyl (C=O) groups excluding carboxylic acids is 2. The van der Waals surface area contributed by atoms with Gasteiger partial charge in [0.05, 0.1) is 0 Å². The van der Waals surface area contributed by atoms with Gasteiger partial charge in [-0.15, -0.1) is 0 Å². The molecule has 0 saturated heterocycles. The van der Waals surface area contributed by atoms with Crippen molar-refractivity contribution in [1.82, 2.24) is 0 Å². The fourth-order valence-corrected chi connectivity index (χ4v) is 2.47. The summed E-state index contributed by atoms with van der Waals surface area (Å²) in [6, 6.07) is 14.5. The van der Waals surface area contributed by atoms with E-state index < -0.39 is 11.6 Å². The van der Waals surface area contributed by atoms with Crippen molar-refractivity contribution in [2.75, 3.05) is 0 Å². The maximum atomic E-state index is 12.6. The number of ketones is 2. The monoisotopic (exact) mass is 294 g/mol. The fourth-order valence-electron chi connectivity index (χ4n) is 2.47. The van der Waals surface area contributed by atoms with E-state index in [1.165, 1.54) is 5.56 Å². The Labute approximate surface area is 132 Å². The third-order valence-corrected chi connectivity index (χ3v) is 3.85. The van der Waals surface area contributed by atoms with Gasteiger partial charge in [0, 0.05) is 11.1 Å². The van der Waals surface area contributed by atoms with E-state index >= 15 is 0 Å². The predicted molar refractivity (Wildman–Crippen MR) is 89.7 cm³/mol. The van der Waals surface area contributed by atoms with E-state index in [-0.39, 0.29) is 5.92 Å². The predicted octanol–water partition coefficient (Wildman–Crippen LogP) is 5.00. The van der Waals surface area contributed by atoms with Gasteiger partial charge in [-0.2, -0.15) is 0 Å². The van der Waals surface area contributed by atoms with E-state index in [1.807, 2.05) is 26.0 Å². The first-order valence-electron chi connectivity index (χ1n) is 7.69. The number of hydrogen-bond donors (Lipinski definition) is 0. The zero-order valence-corrected chi connectivity index (χ0v) is 13.6. The van der Waals surface area contributed by atoms with Gasteiger partial charge >= 0.3 is 0 Å². The molecule has 2 aromatic rings. The van der Waals surface area contributed by atoms with Crippen LogP contribution in [0.2, 0.25) is 0 Å². The van der Waals surface area contributed by atoms with Crippen molar-refractivity contribution in [3.05, 3.63) is 70.8 Å². The Bertz CT molecular complexity index is 682. The Hall–Kier alpha value is -2.22. The van der Waals surface area contributed by atoms with E-state index in [9.17, 15) is 9.59 Å². The van der Waals surface area contributed by atoms with Crippen LogP contribution in [0.5, 0.6) is 0 Å². The van der Waals surface area contributed by atoms with Crippen LogP contribution in [0, 0.1) is 0 Å². The van der Waals surface area contributed by atoms with E-state index in [4.69, 9.17) is 0 Å². The summed E-state index contributed by atoms with van der Waals surface area (Å²) in [6.07, 6.45) is 0. The molecule has 0 aliphatic carbocycles. The summed E-state index contributed by atoms with van der Waals surface area (Å²) >= 11 is 0. The molecule has 114 valence electrons. The lowest BCUT2D eigenvalue weighted by Gasteiger charge is -2.15. The minimum absolute atomic E-state index is 0.196. The zero-order chi connectivity index (χ0) is 16.3. The molecular weight excluding hydrogens is 272 g/mol. The molecule has 2 rings (SSSR count). The average molecular weight is 294 g/mol. The first-order chi connectivity index (χ1) is 10.4. The van der Waals surface area contributed by atoms with Crippen molar-refractivity contribution in [2.24, 2.45) is 0 Å². The quantitative estimate of drug-likeness (QED) is 0.574. The molecule has 0 radical (unpaired) electrons. The highest BCUT2D eigenvalue weighted by molar-refractivity contribution is 6.49. The minimum atomic E-state index is -0.445. The lowest BCUT2D eigenvalue weighted by atomic mass is 9.88. The maximum Gasteiger partial charge on any atom is 0.233 e. The van der Waals surface area contributed by atoms with Gasteiger partial charge in [0.2, 0.25) is 11.6 Å². The summed E-state index contributed by atoms with van der Waals surface area (Å²) in [5.74, 6) is -0.280. The highest BCUT2D eigenvalue weighted by Gasteiger charge is 2.22. The van der Waals surface area contributed by atoms with Crippen LogP contribution in [0.25, 0.3) is 0 Å². The van der Waals surface area contributed by atoms with Crippen molar-refractivity contribution in [2.45, 2.75) is 39.5 Å². The van der Waals surface area contributed by atoms with Gasteiger partial charge < -0.3 is 0 Å². The van der Waals surface area contributed by atoms with Crippen LogP contribution >= 0.6 is 0 Å². The number of rotatable bonds is 5. The lowest BCUT2D eigenvalue weighted by Crippen LogP contribution is -2.17. The second-order valence-electron chi connectivity index (χ2n) is 6.18. The van der Waals surface area contributed by atoms with Gasteiger partial charge in [-0.05, 0) is 23.0 Å². The molecule has 0 bridgehead atoms. The molecule has 2 heteroatoms. The third kappa shape index (κ3) is 3.33. The minimum Gasteiger partial charge on any atom is -0.285 e. The van der Waals surface area contributed by atoms with Crippen molar-refractivity contribution < 1.29 is 9.59 Å². The van der Waals surface area contributed by atoms with E-state index in [0.29, 0.717) is 17.0 Å². The Balaban J connectivity index is 2.43. The molecule has 0 fully saturated rings. The van der Waals surface area contributed by atoms with Gasteiger partial charge in [0.15, 0.2) is 0 Å². The van der Waals surface area contributed by atoms with Crippen LogP contribution in [0.3, 0.4) is 0 Å². The SMILES string of the molecule is CC(C)c1ccc(C(=O)C(=O)c2ccccc2)c(C(C)C)c1. The molecule has 0 spiro atoms. The summed E-state index contributed by atoms with van der Waals surface area (Å²) < 4.78 is 0. The first-order valence-corrected chi connectivity index (χ1v) is 7.69. The second-order valence-corrected chi connectivity index (χ2v) is 6.18. The van der Waals surface area contributed by atoms with E-state index in [1.54, 1.807) is 30.3 Å². The molecule has 0 aliphatic rings. The number of benzene rings is 2. The highest BCUT2D eigenvalue weighted by atomic mass is 16.2. The van der Waals surface area contributed by atoms with E-state index in [0.717, 1.165) is 5.56 Å². The van der Waals surface area contributed by atoms with Crippen molar-refractivity contribution in [1.29, 1.82) is 0 Å². The second kappa shape index (κ2) is 6.69. The molecule has 0 N–H and O–H groups in total. The van der Waals surface area contributed by atoms with E-state index in [2.05, 4.69) is 19.9 Å². The van der Waals surface area contributed by atoms with Crippen molar-refractivity contribution in [3.8, 4) is 0 Å². The molecular formula is C20H22O2. The Morgan fingerprint density at radius 2 is 1.41 bits per heavy atom. The molecule has 0 saturated carbocycles. The molecule has 2 aromatic carbocycles. The molecule has 22 heavy (non-hydrogen) atoms. The summed E-state index contributed by atoms with van der Waals surface area (Å²) in [5.41, 5.74) is 3.09. The van der Waals surface area contributed by atoms with Gasteiger partial charge in [-0.3, -0.25) is 9.59 Å². The molecule has 0 heterocycles. The smallest absolute Gasteiger partial charge is 0.233 e. The Morgan fingerprint density at radius 3 is 1.95 bits per heavy atom. The van der Waals surface area contributed by atoms with Crippen molar-refractivity contribution >= 4 is 11.6 Å². The molecule has 2 nitrogen and oxygen atoms in total. The average Bonchev–Trinajstić information content (AvgIpc) is 2.53. The number of hydrogen-bond acceptors (Lipinski definition) is 2. The fraction of sp³-hybridized carbons (Fsp3) is 0.300. The molecule has 0 atom stereocenters. The summed E-state index contributed by atoms with van der Waals surface area (Å²) in [6.45, 7) is 8.33. The third-order valence-electron chi connectivity index (χ3n) is 3.85. The largest absolute Gasteiger partial charge is 0.285 e. The highest BCUT2D eigenvalue weighted by Crippen LogP contribution is 2.26. The lowest BCUT2D eigenvalue weighted by molar-refractivity contribution is 0.0816. The van der Waals surface area contributed by atoms with Gasteiger partial charge in [-0.25, -0.2) is 0 Å². The van der Waals surface area contributed by atoms with Crippen LogP contribution in [0.15, 0.2) is 48.5 Å². The normalized spacial score (nSPS) is 11.0. The Morgan fingerprint density at radius 1 is 0.773 bits per heavy atom. The zero-order valence-electron chi connectivity index (χ0n) is 13.6. The standard InChI is InChI=1S/C20H22O2/c1-13(2)16-10-11-17(18(12-16)14(3)4)20(22)19(21)15-8-6-5-7-9-15/h5-14H,1-4H3. The molecule has 0 unspecified atom stereocenters. The number of carbonyl (C=O) groups is 2. The topological polar surface area (TPSA) is 34.1 Å². The summed E-state index contributed by atoms with van der Waals surface area (Å²) in [4.78, 5) is 25.0. The van der Waals surface area contributed by atoms with Crippen LogP contribution in [-0.4, -0.2) is 11.6 Å². The molecule has 0 aliphatic heterocycles. The van der Waals surface area contributed by atoms with Crippen LogP contribution in [0.1, 0.15) is 71.4 Å². The molecule has 0 amide bonds. The Kier molecular flexibility index (Phi) is 4.92. The first kappa shape index (κ1) is 16.2. The van der Waals surface area contributed by atoms with Crippen molar-refractivity contribution in [3.63, 3.8) is 0 Å². The maximum absolute atomic E-state index is 12.6. The van der Waals surface area contributed by atoms with Gasteiger partial charge in [-0.1, -0.05) is 76.2 Å². The summed E-state index contributed by atoms with van der Waals surface area (Å²) in [7, 11) is 0. The van der Waals surface area contributed by atoms with Crippen LogP contribution in [-0.2, 0) is 0 Å². The van der Waals surface area contributed by atoms with Crippen LogP contribution < -0.4 is 0 Å². The van der Waals surface area contributed by atoms with Gasteiger partial charge in [0.1, 0.15) is 0 Å². The summed E-state index contributed by atoms with van der Waals surface area (Å²) in [5, 5.41) is 0. The molecule has 0 aromatic heterocycles. The van der Waals surface area contributed by atoms with Gasteiger partial charge in [0.25, 0.3) is 0 Å².